The molecule has 1 saturated carbocycles. The van der Waals surface area contributed by atoms with Crippen molar-refractivity contribution in [2.45, 2.75) is 24.4 Å². The van der Waals surface area contributed by atoms with Crippen molar-refractivity contribution in [1.29, 1.82) is 0 Å². The number of rotatable bonds is 4. The number of anilines is 2. The van der Waals surface area contributed by atoms with Crippen molar-refractivity contribution >= 4 is 51.4 Å². The Labute approximate surface area is 183 Å². The number of urea groups is 1. The number of nitrogens with one attached hydrogen (secondary N) is 2. The molecule has 11 heteroatoms. The maximum Gasteiger partial charge on any atom is 0.416 e. The van der Waals surface area contributed by atoms with Gasteiger partial charge >= 0.3 is 12.2 Å². The molecule has 0 unspecified atom stereocenters. The van der Waals surface area contributed by atoms with E-state index in [0.29, 0.717) is 20.7 Å². The Kier molecular flexibility index (Phi) is 5.37. The van der Waals surface area contributed by atoms with Crippen molar-refractivity contribution in [3.63, 3.8) is 0 Å². The van der Waals surface area contributed by atoms with Crippen molar-refractivity contribution in [3.05, 3.63) is 68.6 Å². The Morgan fingerprint density at radius 1 is 1.00 bits per heavy atom. The highest BCUT2D eigenvalue weighted by atomic mass is 35.5. The topological polar surface area (TPSA) is 66.9 Å². The molecule has 1 aromatic heterocycles. The molecule has 1 fully saturated rings. The van der Waals surface area contributed by atoms with Gasteiger partial charge in [-0.15, -0.1) is 10.2 Å². The van der Waals surface area contributed by atoms with Crippen molar-refractivity contribution in [2.75, 3.05) is 10.6 Å². The van der Waals surface area contributed by atoms with Gasteiger partial charge in [-0.3, -0.25) is 5.32 Å². The number of hydrogen-bond donors (Lipinski definition) is 2. The highest BCUT2D eigenvalue weighted by Crippen LogP contribution is 2.54. The second-order valence-corrected chi connectivity index (χ2v) is 8.57. The van der Waals surface area contributed by atoms with Gasteiger partial charge in [0.25, 0.3) is 0 Å². The number of benzene rings is 2. The summed E-state index contributed by atoms with van der Waals surface area (Å²) >= 11 is 13.0. The number of amides is 2. The van der Waals surface area contributed by atoms with Crippen molar-refractivity contribution in [1.82, 2.24) is 10.2 Å². The van der Waals surface area contributed by atoms with Gasteiger partial charge in [-0.05, 0) is 48.7 Å². The molecule has 0 radical (unpaired) electrons. The smallest absolute Gasteiger partial charge is 0.308 e. The van der Waals surface area contributed by atoms with Crippen molar-refractivity contribution < 1.29 is 18.0 Å². The summed E-state index contributed by atoms with van der Waals surface area (Å²) in [5.41, 5.74) is 0.0520. The van der Waals surface area contributed by atoms with E-state index in [0.717, 1.165) is 30.5 Å². The third-order valence-corrected chi connectivity index (χ3v) is 6.53. The first-order chi connectivity index (χ1) is 14.2. The molecule has 0 atom stereocenters. The van der Waals surface area contributed by atoms with E-state index in [2.05, 4.69) is 20.8 Å². The maximum atomic E-state index is 12.8. The number of halogens is 5. The molecule has 0 bridgehead atoms. The van der Waals surface area contributed by atoms with E-state index in [1.165, 1.54) is 29.5 Å². The molecule has 1 aliphatic rings. The maximum absolute atomic E-state index is 12.8. The zero-order valence-corrected chi connectivity index (χ0v) is 17.4. The van der Waals surface area contributed by atoms with E-state index >= 15 is 0 Å². The van der Waals surface area contributed by atoms with E-state index in [9.17, 15) is 18.0 Å². The zero-order valence-electron chi connectivity index (χ0n) is 15.1. The SMILES string of the molecule is O=C(Nc1ccc(Cl)c(Cl)c1)Nc1nnc(C2(c3ccc(C(F)(F)F)cc3)CC2)s1. The number of hydrogen-bond acceptors (Lipinski definition) is 4. The summed E-state index contributed by atoms with van der Waals surface area (Å²) in [6, 6.07) is 9.23. The molecule has 156 valence electrons. The van der Waals surface area contributed by atoms with E-state index in [1.807, 2.05) is 0 Å². The molecule has 2 aromatic carbocycles. The van der Waals surface area contributed by atoms with Gasteiger partial charge in [0.2, 0.25) is 5.13 Å². The summed E-state index contributed by atoms with van der Waals surface area (Å²) in [4.78, 5) is 12.2. The molecule has 1 heterocycles. The van der Waals surface area contributed by atoms with Gasteiger partial charge in [0.05, 0.1) is 15.6 Å². The van der Waals surface area contributed by atoms with Gasteiger partial charge in [-0.2, -0.15) is 13.2 Å². The molecule has 30 heavy (non-hydrogen) atoms. The van der Waals surface area contributed by atoms with Crippen LogP contribution in [-0.4, -0.2) is 16.2 Å². The quantitative estimate of drug-likeness (QED) is 0.450. The Balaban J connectivity index is 1.46. The molecular weight excluding hydrogens is 460 g/mol. The van der Waals surface area contributed by atoms with Gasteiger partial charge in [0.1, 0.15) is 5.01 Å². The fourth-order valence-corrected chi connectivity index (χ4v) is 4.34. The highest BCUT2D eigenvalue weighted by Gasteiger charge is 2.49. The van der Waals surface area contributed by atoms with E-state index < -0.39 is 23.2 Å². The van der Waals surface area contributed by atoms with E-state index in [-0.39, 0.29) is 5.13 Å². The van der Waals surface area contributed by atoms with E-state index in [1.54, 1.807) is 12.1 Å². The van der Waals surface area contributed by atoms with E-state index in [4.69, 9.17) is 23.2 Å². The summed E-state index contributed by atoms with van der Waals surface area (Å²) < 4.78 is 38.4. The lowest BCUT2D eigenvalue weighted by molar-refractivity contribution is -0.137. The van der Waals surface area contributed by atoms with Crippen LogP contribution in [0.4, 0.5) is 28.8 Å². The molecule has 4 rings (SSSR count). The first-order valence-corrected chi connectivity index (χ1v) is 10.3. The number of carbonyl (C=O) groups excluding carboxylic acids is 1. The minimum atomic E-state index is -4.38. The van der Waals surface area contributed by atoms with Gasteiger partial charge in [-0.1, -0.05) is 46.7 Å². The summed E-state index contributed by atoms with van der Waals surface area (Å²) in [6.07, 6.45) is -2.87. The van der Waals surface area contributed by atoms with Crippen LogP contribution < -0.4 is 10.6 Å². The van der Waals surface area contributed by atoms with Crippen LogP contribution in [0.15, 0.2) is 42.5 Å². The highest BCUT2D eigenvalue weighted by molar-refractivity contribution is 7.15. The standard InChI is InChI=1S/C19H13Cl2F3N4OS/c20-13-6-5-12(9-14(13)21)25-16(29)26-17-28-27-15(30-17)18(7-8-18)10-1-3-11(4-2-10)19(22,23)24/h1-6,9H,7-8H2,(H2,25,26,28,29). The average molecular weight is 473 g/mol. The molecule has 5 nitrogen and oxygen atoms in total. The predicted molar refractivity (Wildman–Crippen MR) is 110 cm³/mol. The van der Waals surface area contributed by atoms with Gasteiger partial charge in [0.15, 0.2) is 0 Å². The van der Waals surface area contributed by atoms with Crippen LogP contribution in [0.1, 0.15) is 29.0 Å². The lowest BCUT2D eigenvalue weighted by Gasteiger charge is -2.13. The molecule has 1 aliphatic carbocycles. The van der Waals surface area contributed by atoms with Crippen LogP contribution in [0, 0.1) is 0 Å². The first kappa shape index (κ1) is 20.9. The predicted octanol–water partition coefficient (Wildman–Crippen LogP) is 6.59. The summed E-state index contributed by atoms with van der Waals surface area (Å²) in [5, 5.41) is 14.9. The fraction of sp³-hybridized carbons (Fsp3) is 0.211. The Morgan fingerprint density at radius 3 is 2.30 bits per heavy atom. The molecule has 0 saturated heterocycles. The first-order valence-electron chi connectivity index (χ1n) is 8.72. The number of alkyl halides is 3. The van der Waals surface area contributed by atoms with Crippen LogP contribution in [0.2, 0.25) is 10.0 Å². The minimum Gasteiger partial charge on any atom is -0.308 e. The largest absolute Gasteiger partial charge is 0.416 e. The van der Waals surface area contributed by atoms with Crippen LogP contribution in [0.25, 0.3) is 0 Å². The zero-order chi connectivity index (χ0) is 21.5. The fourth-order valence-electron chi connectivity index (χ4n) is 3.03. The average Bonchev–Trinajstić information content (AvgIpc) is 3.37. The molecule has 0 spiro atoms. The normalized spacial score (nSPS) is 15.0. The van der Waals surface area contributed by atoms with Crippen LogP contribution in [0.5, 0.6) is 0 Å². The monoisotopic (exact) mass is 472 g/mol. The third-order valence-electron chi connectivity index (χ3n) is 4.75. The molecule has 2 amide bonds. The molecule has 3 aromatic rings. The summed E-state index contributed by atoms with van der Waals surface area (Å²) in [6.45, 7) is 0. The van der Waals surface area contributed by atoms with Gasteiger partial charge in [-0.25, -0.2) is 4.79 Å². The molecular formula is C19H13Cl2F3N4OS. The summed E-state index contributed by atoms with van der Waals surface area (Å²) in [5.74, 6) is 0. The van der Waals surface area contributed by atoms with Crippen LogP contribution in [-0.2, 0) is 11.6 Å². The van der Waals surface area contributed by atoms with Crippen LogP contribution >= 0.6 is 34.5 Å². The Bertz CT molecular complexity index is 1100. The molecule has 0 aliphatic heterocycles. The van der Waals surface area contributed by atoms with Gasteiger partial charge < -0.3 is 5.32 Å². The third kappa shape index (κ3) is 4.23. The Morgan fingerprint density at radius 2 is 1.70 bits per heavy atom. The summed E-state index contributed by atoms with van der Waals surface area (Å²) in [7, 11) is 0. The number of aromatic nitrogens is 2. The number of carbonyl (C=O) groups is 1. The lowest BCUT2D eigenvalue weighted by Crippen LogP contribution is -2.19. The minimum absolute atomic E-state index is 0.278. The van der Waals surface area contributed by atoms with Crippen molar-refractivity contribution in [2.24, 2.45) is 0 Å². The lowest BCUT2D eigenvalue weighted by atomic mass is 9.95. The van der Waals surface area contributed by atoms with Gasteiger partial charge in [0, 0.05) is 11.1 Å². The van der Waals surface area contributed by atoms with Crippen LogP contribution in [0.3, 0.4) is 0 Å². The molecule has 2 N–H and O–H groups in total. The number of nitrogens with zero attached hydrogens (tertiary/aromatic N) is 2. The second kappa shape index (κ2) is 7.72. The second-order valence-electron chi connectivity index (χ2n) is 6.78. The Hall–Kier alpha value is -2.36. The van der Waals surface area contributed by atoms with Crippen molar-refractivity contribution in [3.8, 4) is 0 Å².